The van der Waals surface area contributed by atoms with Crippen LogP contribution >= 0.6 is 23.1 Å². The Morgan fingerprint density at radius 3 is 2.80 bits per heavy atom. The number of hydrogen-bond acceptors (Lipinski definition) is 5. The number of carbonyl (C=O) groups excluding carboxylic acids is 1. The van der Waals surface area contributed by atoms with Crippen molar-refractivity contribution in [3.8, 4) is 0 Å². The zero-order chi connectivity index (χ0) is 18.0. The van der Waals surface area contributed by atoms with E-state index in [0.717, 1.165) is 4.88 Å². The van der Waals surface area contributed by atoms with Crippen molar-refractivity contribution in [1.29, 1.82) is 0 Å². The molecule has 0 saturated carbocycles. The van der Waals surface area contributed by atoms with Gasteiger partial charge in [-0.15, -0.1) is 17.9 Å². The average Bonchev–Trinajstić information content (AvgIpc) is 2.97. The van der Waals surface area contributed by atoms with Gasteiger partial charge in [0.05, 0.1) is 11.1 Å². The van der Waals surface area contributed by atoms with Crippen molar-refractivity contribution in [3.63, 3.8) is 0 Å². The first-order valence-electron chi connectivity index (χ1n) is 7.53. The number of nitrogens with zero attached hydrogens (tertiary/aromatic N) is 2. The molecule has 7 heteroatoms. The molecule has 25 heavy (non-hydrogen) atoms. The molecule has 0 spiro atoms. The maximum Gasteiger partial charge on any atom is 0.263 e. The molecule has 2 heterocycles. The van der Waals surface area contributed by atoms with Crippen molar-refractivity contribution in [2.45, 2.75) is 18.6 Å². The molecule has 0 atom stereocenters. The minimum atomic E-state index is -0.385. The average molecular weight is 374 g/mol. The second-order valence-electron chi connectivity index (χ2n) is 5.39. The summed E-state index contributed by atoms with van der Waals surface area (Å²) in [5.41, 5.74) is 0.297. The van der Waals surface area contributed by atoms with Gasteiger partial charge in [0, 0.05) is 17.0 Å². The van der Waals surface area contributed by atoms with E-state index in [0.29, 0.717) is 27.5 Å². The first kappa shape index (κ1) is 17.6. The molecular weight excluding hydrogens is 359 g/mol. The second kappa shape index (κ2) is 7.33. The molecule has 3 rings (SSSR count). The summed E-state index contributed by atoms with van der Waals surface area (Å²) in [6.45, 7) is 5.93. The number of thioether (sulfide) groups is 1. The highest BCUT2D eigenvalue weighted by molar-refractivity contribution is 7.99. The molecule has 1 aromatic carbocycles. The molecule has 0 N–H and O–H groups in total. The van der Waals surface area contributed by atoms with Crippen LogP contribution in [0.15, 0.2) is 52.9 Å². The van der Waals surface area contributed by atoms with Crippen molar-refractivity contribution in [2.24, 2.45) is 0 Å². The molecule has 128 valence electrons. The van der Waals surface area contributed by atoms with E-state index in [2.05, 4.69) is 11.6 Å². The zero-order valence-electron chi connectivity index (χ0n) is 13.5. The summed E-state index contributed by atoms with van der Waals surface area (Å²) in [6, 6.07) is 7.24. The van der Waals surface area contributed by atoms with E-state index in [4.69, 9.17) is 0 Å². The monoisotopic (exact) mass is 374 g/mol. The van der Waals surface area contributed by atoms with Crippen LogP contribution in [0.4, 0.5) is 4.39 Å². The quantitative estimate of drug-likeness (QED) is 0.282. The molecule has 0 saturated heterocycles. The van der Waals surface area contributed by atoms with Crippen LogP contribution in [0.2, 0.25) is 0 Å². The van der Waals surface area contributed by atoms with Crippen LogP contribution in [-0.2, 0) is 6.54 Å². The number of ketones is 1. The first-order valence-corrected chi connectivity index (χ1v) is 9.33. The highest BCUT2D eigenvalue weighted by Gasteiger charge is 2.15. The van der Waals surface area contributed by atoms with Crippen molar-refractivity contribution in [3.05, 3.63) is 69.6 Å². The van der Waals surface area contributed by atoms with Gasteiger partial charge in [-0.25, -0.2) is 9.37 Å². The Kier molecular flexibility index (Phi) is 5.15. The molecule has 0 aliphatic heterocycles. The number of rotatable bonds is 6. The Morgan fingerprint density at radius 2 is 2.12 bits per heavy atom. The topological polar surface area (TPSA) is 52.0 Å². The van der Waals surface area contributed by atoms with Gasteiger partial charge in [0.2, 0.25) is 0 Å². The van der Waals surface area contributed by atoms with Gasteiger partial charge in [-0.05, 0) is 37.3 Å². The number of aryl methyl sites for hydroxylation is 1. The van der Waals surface area contributed by atoms with Crippen LogP contribution in [0.25, 0.3) is 10.2 Å². The van der Waals surface area contributed by atoms with Gasteiger partial charge in [-0.3, -0.25) is 14.2 Å². The zero-order valence-corrected chi connectivity index (χ0v) is 15.1. The normalized spacial score (nSPS) is 11.0. The third-order valence-corrected chi connectivity index (χ3v) is 5.47. The first-order chi connectivity index (χ1) is 12.0. The Bertz CT molecular complexity index is 1010. The van der Waals surface area contributed by atoms with Gasteiger partial charge >= 0.3 is 0 Å². The number of halogens is 1. The van der Waals surface area contributed by atoms with Gasteiger partial charge in [-0.1, -0.05) is 17.8 Å². The third kappa shape index (κ3) is 3.72. The lowest BCUT2D eigenvalue weighted by Crippen LogP contribution is -2.22. The summed E-state index contributed by atoms with van der Waals surface area (Å²) in [4.78, 5) is 31.1. The van der Waals surface area contributed by atoms with E-state index in [1.807, 2.05) is 13.0 Å². The minimum absolute atomic E-state index is 0.116. The Morgan fingerprint density at radius 1 is 1.40 bits per heavy atom. The fourth-order valence-corrected chi connectivity index (χ4v) is 4.19. The molecular formula is C18H15FN2O2S2. The summed E-state index contributed by atoms with van der Waals surface area (Å²) in [7, 11) is 0. The lowest BCUT2D eigenvalue weighted by molar-refractivity contribution is 0.102. The number of hydrogen-bond donors (Lipinski definition) is 0. The number of Topliss-reactive ketones (excluding diaryl/α,β-unsaturated/α-hetero) is 1. The Hall–Kier alpha value is -2.25. The summed E-state index contributed by atoms with van der Waals surface area (Å²) in [5, 5.41) is 1.06. The summed E-state index contributed by atoms with van der Waals surface area (Å²) < 4.78 is 14.5. The lowest BCUT2D eigenvalue weighted by Gasteiger charge is -2.09. The number of allylic oxidation sites excluding steroid dienone is 1. The second-order valence-corrected chi connectivity index (χ2v) is 7.57. The van der Waals surface area contributed by atoms with Crippen molar-refractivity contribution in [1.82, 2.24) is 9.55 Å². The van der Waals surface area contributed by atoms with E-state index in [-0.39, 0.29) is 22.9 Å². The predicted octanol–water partition coefficient (Wildman–Crippen LogP) is 4.07. The summed E-state index contributed by atoms with van der Waals surface area (Å²) in [6.07, 6.45) is 1.62. The molecule has 3 aromatic rings. The number of benzene rings is 1. The van der Waals surface area contributed by atoms with Crippen LogP contribution < -0.4 is 5.56 Å². The molecule has 0 aliphatic rings. The number of aromatic nitrogens is 2. The SMILES string of the molecule is C=CCn1c(SCC(=O)c2ccc(F)cc2)nc2sc(C)cc2c1=O. The summed E-state index contributed by atoms with van der Waals surface area (Å²) >= 11 is 2.65. The highest BCUT2D eigenvalue weighted by atomic mass is 32.2. The van der Waals surface area contributed by atoms with E-state index in [1.54, 1.807) is 6.08 Å². The van der Waals surface area contributed by atoms with Gasteiger partial charge in [0.1, 0.15) is 10.6 Å². The Labute approximate surface area is 152 Å². The van der Waals surface area contributed by atoms with Crippen LogP contribution in [0, 0.1) is 12.7 Å². The van der Waals surface area contributed by atoms with Crippen LogP contribution in [0.5, 0.6) is 0 Å². The molecule has 0 amide bonds. The molecule has 0 bridgehead atoms. The predicted molar refractivity (Wildman–Crippen MR) is 100 cm³/mol. The van der Waals surface area contributed by atoms with Gasteiger partial charge in [0.15, 0.2) is 10.9 Å². The molecule has 0 fully saturated rings. The molecule has 4 nitrogen and oxygen atoms in total. The maximum absolute atomic E-state index is 13.0. The maximum atomic E-state index is 13.0. The van der Waals surface area contributed by atoms with Crippen LogP contribution in [0.1, 0.15) is 15.2 Å². The smallest absolute Gasteiger partial charge is 0.263 e. The summed E-state index contributed by atoms with van der Waals surface area (Å²) in [5.74, 6) is -0.415. The third-order valence-electron chi connectivity index (χ3n) is 3.55. The molecule has 2 aromatic heterocycles. The van der Waals surface area contributed by atoms with Gasteiger partial charge < -0.3 is 0 Å². The van der Waals surface area contributed by atoms with E-state index >= 15 is 0 Å². The molecule has 0 aliphatic carbocycles. The van der Waals surface area contributed by atoms with E-state index in [1.165, 1.54) is 51.9 Å². The van der Waals surface area contributed by atoms with Crippen molar-refractivity contribution < 1.29 is 9.18 Å². The molecule has 0 unspecified atom stereocenters. The van der Waals surface area contributed by atoms with E-state index < -0.39 is 0 Å². The minimum Gasteiger partial charge on any atom is -0.293 e. The van der Waals surface area contributed by atoms with Crippen LogP contribution in [0.3, 0.4) is 0 Å². The number of thiophene rings is 1. The van der Waals surface area contributed by atoms with Crippen molar-refractivity contribution >= 4 is 39.1 Å². The standard InChI is InChI=1S/C18H15FN2O2S2/c1-3-8-21-17(23)14-9-11(2)25-16(14)20-18(21)24-10-15(22)12-4-6-13(19)7-5-12/h3-7,9H,1,8,10H2,2H3. The van der Waals surface area contributed by atoms with E-state index in [9.17, 15) is 14.0 Å². The van der Waals surface area contributed by atoms with Crippen molar-refractivity contribution in [2.75, 3.05) is 5.75 Å². The largest absolute Gasteiger partial charge is 0.293 e. The Balaban J connectivity index is 1.90. The van der Waals surface area contributed by atoms with Crippen LogP contribution in [-0.4, -0.2) is 21.1 Å². The molecule has 0 radical (unpaired) electrons. The number of carbonyl (C=O) groups is 1. The fourth-order valence-electron chi connectivity index (χ4n) is 2.37. The van der Waals surface area contributed by atoms with Gasteiger partial charge in [0.25, 0.3) is 5.56 Å². The highest BCUT2D eigenvalue weighted by Crippen LogP contribution is 2.24. The van der Waals surface area contributed by atoms with Gasteiger partial charge in [-0.2, -0.15) is 0 Å². The lowest BCUT2D eigenvalue weighted by atomic mass is 10.1. The fraction of sp³-hybridized carbons (Fsp3) is 0.167. The number of fused-ring (bicyclic) bond motifs is 1.